The zero-order chi connectivity index (χ0) is 13.0. The maximum absolute atomic E-state index is 5.64. The Morgan fingerprint density at radius 1 is 1.22 bits per heavy atom. The van der Waals surface area contributed by atoms with Crippen LogP contribution in [0, 0.1) is 12.8 Å². The number of aromatic nitrogens is 3. The van der Waals surface area contributed by atoms with E-state index in [1.807, 2.05) is 25.1 Å². The molecule has 0 bridgehead atoms. The van der Waals surface area contributed by atoms with Crippen LogP contribution in [-0.4, -0.2) is 21.5 Å². The number of rotatable bonds is 4. The minimum Gasteiger partial charge on any atom is -0.330 e. The fraction of sp³-hybridized carbons (Fsp3) is 0.357. The molecule has 2 aromatic rings. The van der Waals surface area contributed by atoms with E-state index in [9.17, 15) is 0 Å². The molecule has 94 valence electrons. The molecule has 0 saturated heterocycles. The van der Waals surface area contributed by atoms with Crippen LogP contribution in [0.15, 0.2) is 30.6 Å². The normalized spacial score (nSPS) is 12.4. The predicted octanol–water partition coefficient (Wildman–Crippen LogP) is 1.98. The first kappa shape index (κ1) is 12.6. The highest BCUT2D eigenvalue weighted by atomic mass is 14.9. The van der Waals surface area contributed by atoms with Crippen molar-refractivity contribution in [3.63, 3.8) is 0 Å². The molecule has 0 saturated carbocycles. The van der Waals surface area contributed by atoms with Gasteiger partial charge >= 0.3 is 0 Å². The van der Waals surface area contributed by atoms with E-state index in [1.165, 1.54) is 0 Å². The van der Waals surface area contributed by atoms with Crippen LogP contribution >= 0.6 is 0 Å². The third-order valence-corrected chi connectivity index (χ3v) is 2.81. The molecule has 1 unspecified atom stereocenters. The monoisotopic (exact) mass is 242 g/mol. The molecule has 0 aliphatic carbocycles. The SMILES string of the molecule is Cc1cc(-c2ccncc2)nc(CC(C)CN)n1. The Hall–Kier alpha value is -1.81. The topological polar surface area (TPSA) is 64.7 Å². The van der Waals surface area contributed by atoms with E-state index in [0.29, 0.717) is 12.5 Å². The van der Waals surface area contributed by atoms with Crippen molar-refractivity contribution in [2.75, 3.05) is 6.54 Å². The van der Waals surface area contributed by atoms with E-state index >= 15 is 0 Å². The fourth-order valence-corrected chi connectivity index (χ4v) is 1.79. The molecule has 2 aromatic heterocycles. The zero-order valence-electron chi connectivity index (χ0n) is 10.8. The molecule has 4 heteroatoms. The molecule has 0 aliphatic rings. The summed E-state index contributed by atoms with van der Waals surface area (Å²) in [5, 5.41) is 0. The number of nitrogens with zero attached hydrogens (tertiary/aromatic N) is 3. The predicted molar refractivity (Wildman–Crippen MR) is 71.9 cm³/mol. The van der Waals surface area contributed by atoms with Gasteiger partial charge in [0.15, 0.2) is 0 Å². The number of hydrogen-bond donors (Lipinski definition) is 1. The third kappa shape index (κ3) is 3.11. The number of aryl methyl sites for hydroxylation is 1. The second kappa shape index (κ2) is 5.69. The quantitative estimate of drug-likeness (QED) is 0.890. The lowest BCUT2D eigenvalue weighted by atomic mass is 10.1. The van der Waals surface area contributed by atoms with Gasteiger partial charge in [0.05, 0.1) is 5.69 Å². The van der Waals surface area contributed by atoms with Gasteiger partial charge < -0.3 is 5.73 Å². The zero-order valence-corrected chi connectivity index (χ0v) is 10.8. The van der Waals surface area contributed by atoms with Crippen LogP contribution in [0.2, 0.25) is 0 Å². The Morgan fingerprint density at radius 2 is 1.94 bits per heavy atom. The number of nitrogens with two attached hydrogens (primary N) is 1. The Balaban J connectivity index is 2.32. The van der Waals surface area contributed by atoms with Crippen molar-refractivity contribution in [2.45, 2.75) is 20.3 Å². The number of hydrogen-bond acceptors (Lipinski definition) is 4. The third-order valence-electron chi connectivity index (χ3n) is 2.81. The summed E-state index contributed by atoms with van der Waals surface area (Å²) in [6, 6.07) is 5.90. The first-order valence-electron chi connectivity index (χ1n) is 6.14. The summed E-state index contributed by atoms with van der Waals surface area (Å²) in [6.45, 7) is 4.75. The lowest BCUT2D eigenvalue weighted by molar-refractivity contribution is 0.573. The molecule has 0 amide bonds. The van der Waals surface area contributed by atoms with Gasteiger partial charge in [-0.3, -0.25) is 4.98 Å². The molecule has 18 heavy (non-hydrogen) atoms. The Labute approximate surface area is 107 Å². The molecular formula is C14H18N4. The van der Waals surface area contributed by atoms with Crippen LogP contribution in [0.5, 0.6) is 0 Å². The van der Waals surface area contributed by atoms with E-state index < -0.39 is 0 Å². The molecule has 0 radical (unpaired) electrons. The van der Waals surface area contributed by atoms with Crippen LogP contribution in [-0.2, 0) is 6.42 Å². The summed E-state index contributed by atoms with van der Waals surface area (Å²) >= 11 is 0. The second-order valence-corrected chi connectivity index (χ2v) is 4.59. The van der Waals surface area contributed by atoms with Gasteiger partial charge in [-0.2, -0.15) is 0 Å². The highest BCUT2D eigenvalue weighted by molar-refractivity contribution is 5.58. The average molecular weight is 242 g/mol. The summed E-state index contributed by atoms with van der Waals surface area (Å²) in [5.74, 6) is 1.26. The lowest BCUT2D eigenvalue weighted by Crippen LogP contribution is -2.15. The van der Waals surface area contributed by atoms with Crippen molar-refractivity contribution >= 4 is 0 Å². The molecule has 2 N–H and O–H groups in total. The Morgan fingerprint density at radius 3 is 2.61 bits per heavy atom. The maximum atomic E-state index is 5.64. The van der Waals surface area contributed by atoms with Gasteiger partial charge in [0.25, 0.3) is 0 Å². The van der Waals surface area contributed by atoms with Gasteiger partial charge in [-0.05, 0) is 37.6 Å². The molecular weight excluding hydrogens is 224 g/mol. The highest BCUT2D eigenvalue weighted by Crippen LogP contribution is 2.17. The largest absolute Gasteiger partial charge is 0.330 e. The molecule has 0 fully saturated rings. The van der Waals surface area contributed by atoms with E-state index in [2.05, 4.69) is 21.9 Å². The van der Waals surface area contributed by atoms with Crippen LogP contribution in [0.3, 0.4) is 0 Å². The fourth-order valence-electron chi connectivity index (χ4n) is 1.79. The minimum absolute atomic E-state index is 0.400. The summed E-state index contributed by atoms with van der Waals surface area (Å²) in [5.41, 5.74) is 8.64. The molecule has 2 heterocycles. The molecule has 0 aromatic carbocycles. The van der Waals surface area contributed by atoms with Crippen LogP contribution in [0.1, 0.15) is 18.4 Å². The maximum Gasteiger partial charge on any atom is 0.129 e. The smallest absolute Gasteiger partial charge is 0.129 e. The van der Waals surface area contributed by atoms with Crippen molar-refractivity contribution in [1.82, 2.24) is 15.0 Å². The Bertz CT molecular complexity index is 510. The highest BCUT2D eigenvalue weighted by Gasteiger charge is 2.07. The van der Waals surface area contributed by atoms with Gasteiger partial charge in [-0.1, -0.05) is 6.92 Å². The van der Waals surface area contributed by atoms with Crippen LogP contribution < -0.4 is 5.73 Å². The molecule has 2 rings (SSSR count). The summed E-state index contributed by atoms with van der Waals surface area (Å²) in [6.07, 6.45) is 4.36. The van der Waals surface area contributed by atoms with Crippen LogP contribution in [0.25, 0.3) is 11.3 Å². The van der Waals surface area contributed by atoms with E-state index in [4.69, 9.17) is 5.73 Å². The summed E-state index contributed by atoms with van der Waals surface area (Å²) in [7, 11) is 0. The van der Waals surface area contributed by atoms with Crippen molar-refractivity contribution in [2.24, 2.45) is 11.7 Å². The van der Waals surface area contributed by atoms with Crippen molar-refractivity contribution in [3.05, 3.63) is 42.1 Å². The summed E-state index contributed by atoms with van der Waals surface area (Å²) in [4.78, 5) is 13.1. The Kier molecular flexibility index (Phi) is 3.99. The van der Waals surface area contributed by atoms with Gasteiger partial charge in [-0.15, -0.1) is 0 Å². The van der Waals surface area contributed by atoms with Gasteiger partial charge in [0, 0.05) is 30.1 Å². The average Bonchev–Trinajstić information content (AvgIpc) is 2.39. The van der Waals surface area contributed by atoms with E-state index in [1.54, 1.807) is 12.4 Å². The van der Waals surface area contributed by atoms with Gasteiger partial charge in [0.2, 0.25) is 0 Å². The number of pyridine rings is 1. The molecule has 0 aliphatic heterocycles. The minimum atomic E-state index is 0.400. The van der Waals surface area contributed by atoms with E-state index in [-0.39, 0.29) is 0 Å². The first-order chi connectivity index (χ1) is 8.69. The van der Waals surface area contributed by atoms with Gasteiger partial charge in [-0.25, -0.2) is 9.97 Å². The van der Waals surface area contributed by atoms with E-state index in [0.717, 1.165) is 29.2 Å². The van der Waals surface area contributed by atoms with Crippen LogP contribution in [0.4, 0.5) is 0 Å². The molecule has 4 nitrogen and oxygen atoms in total. The van der Waals surface area contributed by atoms with Crippen molar-refractivity contribution in [3.8, 4) is 11.3 Å². The van der Waals surface area contributed by atoms with Crippen molar-refractivity contribution in [1.29, 1.82) is 0 Å². The standard InChI is InChI=1S/C14H18N4/c1-10(9-15)7-14-17-11(2)8-13(18-14)12-3-5-16-6-4-12/h3-6,8,10H,7,9,15H2,1-2H3. The van der Waals surface area contributed by atoms with Gasteiger partial charge in [0.1, 0.15) is 5.82 Å². The molecule has 1 atom stereocenters. The van der Waals surface area contributed by atoms with Crippen molar-refractivity contribution < 1.29 is 0 Å². The lowest BCUT2D eigenvalue weighted by Gasteiger charge is -2.09. The second-order valence-electron chi connectivity index (χ2n) is 4.59. The first-order valence-corrected chi connectivity index (χ1v) is 6.14. The summed E-state index contributed by atoms with van der Waals surface area (Å²) < 4.78 is 0. The molecule has 0 spiro atoms.